The van der Waals surface area contributed by atoms with E-state index in [0.717, 1.165) is 32.5 Å². The molecule has 0 bridgehead atoms. The molecule has 1 aliphatic rings. The normalized spacial score (nSPS) is 19.6. The van der Waals surface area contributed by atoms with Crippen molar-refractivity contribution >= 4 is 11.8 Å². The van der Waals surface area contributed by atoms with Crippen LogP contribution in [0.4, 0.5) is 0 Å². The molecule has 2 unspecified atom stereocenters. The van der Waals surface area contributed by atoms with Crippen molar-refractivity contribution in [2.75, 3.05) is 39.8 Å². The number of hydrogen-bond acceptors (Lipinski definition) is 4. The van der Waals surface area contributed by atoms with Gasteiger partial charge < -0.3 is 9.80 Å². The van der Waals surface area contributed by atoms with Gasteiger partial charge in [0.2, 0.25) is 11.8 Å². The second-order valence-corrected chi connectivity index (χ2v) is 7.69. The lowest BCUT2D eigenvalue weighted by atomic mass is 9.94. The molecule has 1 aromatic rings. The topological polar surface area (TPSA) is 56.8 Å². The molecule has 2 heterocycles. The van der Waals surface area contributed by atoms with Gasteiger partial charge in [-0.15, -0.1) is 0 Å². The Bertz CT molecular complexity index is 622. The smallest absolute Gasteiger partial charge is 0.222 e. The Balaban J connectivity index is 2.08. The maximum atomic E-state index is 12.6. The van der Waals surface area contributed by atoms with Crippen LogP contribution in [0.5, 0.6) is 0 Å². The van der Waals surface area contributed by atoms with Gasteiger partial charge in [-0.1, -0.05) is 26.8 Å². The largest absolute Gasteiger partial charge is 0.341 e. The van der Waals surface area contributed by atoms with Gasteiger partial charge in [0.1, 0.15) is 0 Å². The van der Waals surface area contributed by atoms with Crippen LogP contribution >= 0.6 is 0 Å². The Hall–Kier alpha value is -1.95. The van der Waals surface area contributed by atoms with Gasteiger partial charge in [-0.3, -0.25) is 19.5 Å². The van der Waals surface area contributed by atoms with Crippen LogP contribution in [-0.2, 0) is 9.59 Å². The van der Waals surface area contributed by atoms with Gasteiger partial charge in [-0.25, -0.2) is 0 Å². The highest BCUT2D eigenvalue weighted by atomic mass is 16.2. The van der Waals surface area contributed by atoms with Gasteiger partial charge in [0.05, 0.1) is 0 Å². The van der Waals surface area contributed by atoms with Crippen LogP contribution in [-0.4, -0.2) is 71.3 Å². The van der Waals surface area contributed by atoms with Gasteiger partial charge in [-0.2, -0.15) is 0 Å². The van der Waals surface area contributed by atoms with Crippen molar-refractivity contribution in [3.8, 4) is 0 Å². The standard InChI is InChI=1S/C22H36N4O2/c1-5-12-25(20(27)6-2)14-15-26(21(28)7-3)17-19-10-13-24(4)22(19)18-9-8-11-23-16-18/h8-9,11,16,19,22H,5-7,10,12-15,17H2,1-4H3. The predicted molar refractivity (Wildman–Crippen MR) is 112 cm³/mol. The molecule has 0 aromatic carbocycles. The van der Waals surface area contributed by atoms with Crippen LogP contribution in [0.2, 0.25) is 0 Å². The molecular formula is C22H36N4O2. The summed E-state index contributed by atoms with van der Waals surface area (Å²) >= 11 is 0. The SMILES string of the molecule is CCCN(CCN(CC1CCN(C)C1c1cccnc1)C(=O)CC)C(=O)CC. The van der Waals surface area contributed by atoms with E-state index >= 15 is 0 Å². The summed E-state index contributed by atoms with van der Waals surface area (Å²) in [6.07, 6.45) is 6.75. The number of likely N-dealkylation sites (tertiary alicyclic amines) is 1. The fourth-order valence-corrected chi connectivity index (χ4v) is 4.22. The molecule has 1 saturated heterocycles. The van der Waals surface area contributed by atoms with Crippen LogP contribution in [0.15, 0.2) is 24.5 Å². The average Bonchev–Trinajstić information content (AvgIpc) is 3.09. The molecule has 1 fully saturated rings. The number of pyridine rings is 1. The third kappa shape index (κ3) is 5.77. The average molecular weight is 389 g/mol. The van der Waals surface area contributed by atoms with Crippen molar-refractivity contribution in [1.82, 2.24) is 19.7 Å². The Labute approximate surface area is 169 Å². The zero-order valence-electron chi connectivity index (χ0n) is 17.9. The van der Waals surface area contributed by atoms with E-state index in [1.165, 1.54) is 5.56 Å². The molecule has 156 valence electrons. The van der Waals surface area contributed by atoms with Crippen molar-refractivity contribution in [2.45, 2.75) is 52.5 Å². The predicted octanol–water partition coefficient (Wildman–Crippen LogP) is 2.96. The summed E-state index contributed by atoms with van der Waals surface area (Å²) in [5.74, 6) is 0.714. The first kappa shape index (κ1) is 22.3. The number of hydrogen-bond donors (Lipinski definition) is 0. The van der Waals surface area contributed by atoms with Gasteiger partial charge >= 0.3 is 0 Å². The second-order valence-electron chi connectivity index (χ2n) is 7.69. The second kappa shape index (κ2) is 11.1. The summed E-state index contributed by atoms with van der Waals surface area (Å²) in [6.45, 7) is 9.63. The molecule has 0 spiro atoms. The summed E-state index contributed by atoms with van der Waals surface area (Å²) < 4.78 is 0. The minimum Gasteiger partial charge on any atom is -0.341 e. The van der Waals surface area contributed by atoms with E-state index in [4.69, 9.17) is 0 Å². The zero-order chi connectivity index (χ0) is 20.5. The van der Waals surface area contributed by atoms with E-state index in [0.29, 0.717) is 31.8 Å². The van der Waals surface area contributed by atoms with Gasteiger partial charge in [0, 0.05) is 57.5 Å². The third-order valence-corrected chi connectivity index (χ3v) is 5.70. The summed E-state index contributed by atoms with van der Waals surface area (Å²) in [7, 11) is 2.15. The van der Waals surface area contributed by atoms with E-state index in [-0.39, 0.29) is 17.9 Å². The Morgan fingerprint density at radius 1 is 1.11 bits per heavy atom. The first-order chi connectivity index (χ1) is 13.5. The van der Waals surface area contributed by atoms with Crippen molar-refractivity contribution < 1.29 is 9.59 Å². The Morgan fingerprint density at radius 2 is 1.79 bits per heavy atom. The van der Waals surface area contributed by atoms with Gasteiger partial charge in [0.15, 0.2) is 0 Å². The molecule has 6 heteroatoms. The van der Waals surface area contributed by atoms with Crippen molar-refractivity contribution in [3.63, 3.8) is 0 Å². The minimum atomic E-state index is 0.166. The molecule has 2 amide bonds. The molecule has 6 nitrogen and oxygen atoms in total. The summed E-state index contributed by atoms with van der Waals surface area (Å²) in [4.78, 5) is 35.3. The number of carbonyl (C=O) groups is 2. The summed E-state index contributed by atoms with van der Waals surface area (Å²) in [5, 5.41) is 0. The molecule has 1 aromatic heterocycles. The summed E-state index contributed by atoms with van der Waals surface area (Å²) in [6, 6.07) is 4.39. The first-order valence-electron chi connectivity index (χ1n) is 10.7. The molecule has 0 radical (unpaired) electrons. The first-order valence-corrected chi connectivity index (χ1v) is 10.7. The fraction of sp³-hybridized carbons (Fsp3) is 0.682. The van der Waals surface area contributed by atoms with Gasteiger partial charge in [-0.05, 0) is 44.0 Å². The molecule has 0 saturated carbocycles. The minimum absolute atomic E-state index is 0.166. The van der Waals surface area contributed by atoms with Crippen molar-refractivity contribution in [3.05, 3.63) is 30.1 Å². The molecule has 0 aliphatic carbocycles. The van der Waals surface area contributed by atoms with Crippen LogP contribution in [0.1, 0.15) is 58.1 Å². The molecule has 0 N–H and O–H groups in total. The molecule has 2 atom stereocenters. The van der Waals surface area contributed by atoms with Crippen molar-refractivity contribution in [1.29, 1.82) is 0 Å². The summed E-state index contributed by atoms with van der Waals surface area (Å²) in [5.41, 5.74) is 1.21. The van der Waals surface area contributed by atoms with E-state index < -0.39 is 0 Å². The number of amides is 2. The number of rotatable bonds is 10. The maximum Gasteiger partial charge on any atom is 0.222 e. The molecule has 1 aliphatic heterocycles. The van der Waals surface area contributed by atoms with Crippen LogP contribution in [0, 0.1) is 5.92 Å². The lowest BCUT2D eigenvalue weighted by Gasteiger charge is -2.32. The van der Waals surface area contributed by atoms with E-state index in [2.05, 4.69) is 29.9 Å². The fourth-order valence-electron chi connectivity index (χ4n) is 4.22. The van der Waals surface area contributed by atoms with Gasteiger partial charge in [0.25, 0.3) is 0 Å². The van der Waals surface area contributed by atoms with Crippen molar-refractivity contribution in [2.24, 2.45) is 5.92 Å². The molecular weight excluding hydrogens is 352 g/mol. The highest BCUT2D eigenvalue weighted by molar-refractivity contribution is 5.77. The molecule has 2 rings (SSSR count). The number of aromatic nitrogens is 1. The van der Waals surface area contributed by atoms with E-state index in [1.807, 2.05) is 35.9 Å². The zero-order valence-corrected chi connectivity index (χ0v) is 17.9. The maximum absolute atomic E-state index is 12.6. The lowest BCUT2D eigenvalue weighted by Crippen LogP contribution is -2.43. The highest BCUT2D eigenvalue weighted by Crippen LogP contribution is 2.36. The van der Waals surface area contributed by atoms with Crippen LogP contribution in [0.25, 0.3) is 0 Å². The monoisotopic (exact) mass is 388 g/mol. The van der Waals surface area contributed by atoms with Crippen LogP contribution in [0.3, 0.4) is 0 Å². The molecule has 28 heavy (non-hydrogen) atoms. The number of carbonyl (C=O) groups excluding carboxylic acids is 2. The van der Waals surface area contributed by atoms with E-state index in [9.17, 15) is 9.59 Å². The third-order valence-electron chi connectivity index (χ3n) is 5.70. The van der Waals surface area contributed by atoms with E-state index in [1.54, 1.807) is 6.20 Å². The van der Waals surface area contributed by atoms with Crippen LogP contribution < -0.4 is 0 Å². The lowest BCUT2D eigenvalue weighted by molar-refractivity contribution is -0.135. The Morgan fingerprint density at radius 3 is 2.39 bits per heavy atom. The highest BCUT2D eigenvalue weighted by Gasteiger charge is 2.35. The quantitative estimate of drug-likeness (QED) is 0.618. The Kier molecular flexibility index (Phi) is 8.90. The number of nitrogens with zero attached hydrogens (tertiary/aromatic N) is 4.